The second-order valence-corrected chi connectivity index (χ2v) is 7.12. The zero-order valence-electron chi connectivity index (χ0n) is 17.9. The summed E-state index contributed by atoms with van der Waals surface area (Å²) in [5.41, 5.74) is 4.11. The summed E-state index contributed by atoms with van der Waals surface area (Å²) < 4.78 is 0. The van der Waals surface area contributed by atoms with Gasteiger partial charge in [-0.25, -0.2) is 4.98 Å². The van der Waals surface area contributed by atoms with Crippen molar-refractivity contribution < 1.29 is 9.59 Å². The van der Waals surface area contributed by atoms with Gasteiger partial charge in [0.05, 0.1) is 6.33 Å². The molecule has 31 heavy (non-hydrogen) atoms. The van der Waals surface area contributed by atoms with E-state index in [1.165, 1.54) is 17.5 Å². The van der Waals surface area contributed by atoms with Gasteiger partial charge in [-0.3, -0.25) is 9.59 Å². The molecule has 2 aromatic rings. The van der Waals surface area contributed by atoms with Crippen LogP contribution in [-0.2, 0) is 0 Å². The molecule has 0 amide bonds. The highest BCUT2D eigenvalue weighted by atomic mass is 79.9. The number of halogens is 1. The van der Waals surface area contributed by atoms with E-state index in [0.717, 1.165) is 11.8 Å². The van der Waals surface area contributed by atoms with Gasteiger partial charge < -0.3 is 4.98 Å². The van der Waals surface area contributed by atoms with Crippen molar-refractivity contribution in [2.75, 3.05) is 5.33 Å². The molecule has 158 valence electrons. The molecule has 1 aromatic heterocycles. The molecule has 2 aliphatic rings. The lowest BCUT2D eigenvalue weighted by Crippen LogP contribution is -2.20. The van der Waals surface area contributed by atoms with Gasteiger partial charge in [0.1, 0.15) is 11.4 Å². The number of nitrogens with one attached hydrogen (secondary N) is 1. The van der Waals surface area contributed by atoms with Crippen molar-refractivity contribution in [3.05, 3.63) is 101 Å². The fourth-order valence-electron chi connectivity index (χ4n) is 2.89. The number of allylic oxidation sites excluding steroid dienone is 8. The van der Waals surface area contributed by atoms with Gasteiger partial charge in [-0.05, 0) is 38.3 Å². The normalized spacial score (nSPS) is 15.0. The molecule has 0 unspecified atom stereocenters. The molecule has 2 aliphatic carbocycles. The lowest BCUT2D eigenvalue weighted by Gasteiger charge is -2.11. The smallest absolute Gasteiger partial charge is 0.214 e. The molecule has 0 saturated heterocycles. The minimum absolute atomic E-state index is 0.169. The lowest BCUT2D eigenvalue weighted by molar-refractivity contribution is 0.0974. The second kappa shape index (κ2) is 12.5. The largest absolute Gasteiger partial charge is 0.341 e. The van der Waals surface area contributed by atoms with E-state index in [1.807, 2.05) is 26.8 Å². The van der Waals surface area contributed by atoms with Crippen molar-refractivity contribution >= 4 is 27.5 Å². The van der Waals surface area contributed by atoms with Crippen LogP contribution in [0.2, 0.25) is 0 Å². The fraction of sp³-hybridized carbons (Fsp3) is 0.192. The third-order valence-electron chi connectivity index (χ3n) is 4.46. The highest BCUT2D eigenvalue weighted by Gasteiger charge is 2.31. The summed E-state index contributed by atoms with van der Waals surface area (Å²) in [4.78, 5) is 30.3. The van der Waals surface area contributed by atoms with E-state index in [4.69, 9.17) is 0 Å². The van der Waals surface area contributed by atoms with E-state index in [9.17, 15) is 9.59 Å². The van der Waals surface area contributed by atoms with Crippen molar-refractivity contribution in [2.45, 2.75) is 27.2 Å². The van der Waals surface area contributed by atoms with Crippen LogP contribution in [0.25, 0.3) is 0 Å². The van der Waals surface area contributed by atoms with Gasteiger partial charge in [-0.1, -0.05) is 76.7 Å². The predicted octanol–water partition coefficient (Wildman–Crippen LogP) is 5.98. The van der Waals surface area contributed by atoms with Crippen molar-refractivity contribution in [2.24, 2.45) is 0 Å². The molecule has 0 atom stereocenters. The molecule has 1 heterocycles. The van der Waals surface area contributed by atoms with Gasteiger partial charge in [0, 0.05) is 16.5 Å². The van der Waals surface area contributed by atoms with E-state index >= 15 is 0 Å². The molecular formula is C26H25BrN2O2. The summed E-state index contributed by atoms with van der Waals surface area (Å²) in [5, 5.41) is 0.941. The maximum absolute atomic E-state index is 11.9. The van der Waals surface area contributed by atoms with Crippen LogP contribution in [0.3, 0.4) is 0 Å². The first-order valence-corrected chi connectivity index (χ1v) is 11.0. The SMILES string of the molecule is C/C=C\C=C1\C=C(CBr)C=CC1.CC#CC.O=C1c2ccccc2C(=O)c2[nH]cnc21. The third kappa shape index (κ3) is 6.37. The first kappa shape index (κ1) is 24.0. The van der Waals surface area contributed by atoms with E-state index < -0.39 is 0 Å². The molecule has 1 aromatic carbocycles. The Morgan fingerprint density at radius 2 is 1.81 bits per heavy atom. The number of ketones is 2. The quantitative estimate of drug-likeness (QED) is 0.365. The summed E-state index contributed by atoms with van der Waals surface area (Å²) >= 11 is 3.44. The van der Waals surface area contributed by atoms with Crippen molar-refractivity contribution in [1.82, 2.24) is 9.97 Å². The molecule has 0 saturated carbocycles. The Labute approximate surface area is 192 Å². The van der Waals surface area contributed by atoms with Crippen LogP contribution < -0.4 is 0 Å². The van der Waals surface area contributed by atoms with Crippen molar-refractivity contribution in [3.63, 3.8) is 0 Å². The average Bonchev–Trinajstić information content (AvgIpc) is 3.32. The molecule has 1 N–H and O–H groups in total. The number of imidazole rings is 1. The Bertz CT molecular complexity index is 1070. The van der Waals surface area contributed by atoms with Gasteiger partial charge in [-0.15, -0.1) is 11.8 Å². The second-order valence-electron chi connectivity index (χ2n) is 6.56. The molecule has 4 rings (SSSR count). The van der Waals surface area contributed by atoms with Crippen LogP contribution in [0.4, 0.5) is 0 Å². The van der Waals surface area contributed by atoms with Gasteiger partial charge in [0.25, 0.3) is 0 Å². The molecule has 0 spiro atoms. The highest BCUT2D eigenvalue weighted by molar-refractivity contribution is 9.09. The van der Waals surface area contributed by atoms with Crippen molar-refractivity contribution in [3.8, 4) is 11.8 Å². The Balaban J connectivity index is 0.000000193. The first-order valence-electron chi connectivity index (χ1n) is 9.87. The zero-order chi connectivity index (χ0) is 22.6. The minimum Gasteiger partial charge on any atom is -0.341 e. The number of hydrogen-bond acceptors (Lipinski definition) is 3. The van der Waals surface area contributed by atoms with Gasteiger partial charge >= 0.3 is 0 Å². The Kier molecular flexibility index (Phi) is 9.67. The monoisotopic (exact) mass is 476 g/mol. The number of aromatic nitrogens is 2. The molecule has 0 bridgehead atoms. The number of H-pyrrole nitrogens is 1. The van der Waals surface area contributed by atoms with Crippen LogP contribution in [0.5, 0.6) is 0 Å². The number of nitrogens with zero attached hydrogens (tertiary/aromatic N) is 1. The Morgan fingerprint density at radius 3 is 2.42 bits per heavy atom. The summed E-state index contributed by atoms with van der Waals surface area (Å²) in [5.74, 6) is 5.00. The lowest BCUT2D eigenvalue weighted by atomic mass is 9.90. The molecule has 4 nitrogen and oxygen atoms in total. The van der Waals surface area contributed by atoms with E-state index in [-0.39, 0.29) is 17.3 Å². The third-order valence-corrected chi connectivity index (χ3v) is 5.11. The van der Waals surface area contributed by atoms with Crippen LogP contribution in [-0.4, -0.2) is 26.9 Å². The maximum Gasteiger partial charge on any atom is 0.214 e. The number of carbonyl (C=O) groups is 2. The number of alkyl halides is 1. The molecular weight excluding hydrogens is 452 g/mol. The molecule has 0 fully saturated rings. The number of benzene rings is 1. The van der Waals surface area contributed by atoms with Crippen LogP contribution in [0.15, 0.2) is 78.2 Å². The Hall–Kier alpha value is -3.23. The van der Waals surface area contributed by atoms with Gasteiger partial charge in [-0.2, -0.15) is 0 Å². The highest BCUT2D eigenvalue weighted by Crippen LogP contribution is 2.24. The number of rotatable bonds is 2. The topological polar surface area (TPSA) is 62.8 Å². The molecule has 5 heteroatoms. The van der Waals surface area contributed by atoms with Gasteiger partial charge in [0.2, 0.25) is 11.6 Å². The summed E-state index contributed by atoms with van der Waals surface area (Å²) in [6, 6.07) is 6.78. The standard InChI is InChI=1S/C11H13Br.C11H6N2O2.C4H6/c1-2-3-5-10-6-4-7-11(8-10)9-12;14-10-6-3-1-2-4-7(6)11(15)9-8(10)12-5-13-9;1-3-4-2/h2-5,7-8H,6,9H2,1H3;1-5H,(H,12,13);1-2H3/b3-2-,10-5+;;. The first-order chi connectivity index (χ1) is 15.1. The predicted molar refractivity (Wildman–Crippen MR) is 130 cm³/mol. The van der Waals surface area contributed by atoms with Crippen molar-refractivity contribution in [1.29, 1.82) is 0 Å². The van der Waals surface area contributed by atoms with Crippen LogP contribution >= 0.6 is 15.9 Å². The molecule has 0 radical (unpaired) electrons. The van der Waals surface area contributed by atoms with Gasteiger partial charge in [0.15, 0.2) is 0 Å². The number of carbonyl (C=O) groups excluding carboxylic acids is 2. The Morgan fingerprint density at radius 1 is 1.13 bits per heavy atom. The summed E-state index contributed by atoms with van der Waals surface area (Å²) in [6.07, 6.45) is 15.3. The summed E-state index contributed by atoms with van der Waals surface area (Å²) in [6.45, 7) is 5.67. The zero-order valence-corrected chi connectivity index (χ0v) is 19.5. The average molecular weight is 477 g/mol. The maximum atomic E-state index is 11.9. The number of hydrogen-bond donors (Lipinski definition) is 1. The fourth-order valence-corrected chi connectivity index (χ4v) is 3.24. The summed E-state index contributed by atoms with van der Waals surface area (Å²) in [7, 11) is 0. The van der Waals surface area contributed by atoms with Crippen LogP contribution in [0.1, 0.15) is 59.3 Å². The number of aromatic amines is 1. The van der Waals surface area contributed by atoms with E-state index in [1.54, 1.807) is 24.3 Å². The minimum atomic E-state index is -0.193. The molecule has 0 aliphatic heterocycles. The van der Waals surface area contributed by atoms with E-state index in [2.05, 4.69) is 68.1 Å². The van der Waals surface area contributed by atoms with E-state index in [0.29, 0.717) is 16.8 Å². The van der Waals surface area contributed by atoms with Crippen LogP contribution in [0, 0.1) is 11.8 Å². The number of fused-ring (bicyclic) bond motifs is 2.